The Hall–Kier alpha value is -1.92. The third-order valence-electron chi connectivity index (χ3n) is 4.07. The van der Waals surface area contributed by atoms with Crippen molar-refractivity contribution >= 4 is 26.7 Å². The number of nitrogens with two attached hydrogens (primary N) is 1. The molecule has 22 heavy (non-hydrogen) atoms. The molecule has 3 rings (SSSR count). The first-order chi connectivity index (χ1) is 10.6. The van der Waals surface area contributed by atoms with Gasteiger partial charge in [0.05, 0.1) is 16.1 Å². The highest BCUT2D eigenvalue weighted by Crippen LogP contribution is 2.33. The van der Waals surface area contributed by atoms with Crippen LogP contribution in [0.15, 0.2) is 30.6 Å². The molecular weight excluding hydrogens is 294 g/mol. The van der Waals surface area contributed by atoms with Crippen molar-refractivity contribution in [3.05, 3.63) is 42.0 Å². The summed E-state index contributed by atoms with van der Waals surface area (Å²) in [5.74, 6) is 1.19. The first-order valence-corrected chi connectivity index (χ1v) is 8.23. The van der Waals surface area contributed by atoms with E-state index in [1.54, 1.807) is 0 Å². The number of hydrogen-bond acceptors (Lipinski definition) is 5. The van der Waals surface area contributed by atoms with Gasteiger partial charge in [-0.05, 0) is 38.2 Å². The molecule has 0 aliphatic carbocycles. The minimum atomic E-state index is 0.197. The van der Waals surface area contributed by atoms with Crippen molar-refractivity contribution in [1.29, 1.82) is 0 Å². The monoisotopic (exact) mass is 315 g/mol. The Morgan fingerprint density at radius 2 is 2.18 bits per heavy atom. The van der Waals surface area contributed by atoms with Crippen LogP contribution in [-0.4, -0.2) is 40.0 Å². The van der Waals surface area contributed by atoms with Gasteiger partial charge in [0, 0.05) is 18.4 Å². The number of thiazole rings is 1. The average Bonchev–Trinajstić information content (AvgIpc) is 3.11. The number of aromatic nitrogens is 3. The summed E-state index contributed by atoms with van der Waals surface area (Å²) >= 11 is 1.53. The summed E-state index contributed by atoms with van der Waals surface area (Å²) in [7, 11) is 4.24. The molecule has 0 spiro atoms. The van der Waals surface area contributed by atoms with Crippen LogP contribution < -0.4 is 5.73 Å². The van der Waals surface area contributed by atoms with E-state index in [1.807, 2.05) is 12.4 Å². The van der Waals surface area contributed by atoms with Crippen molar-refractivity contribution in [2.45, 2.75) is 25.3 Å². The molecule has 0 saturated carbocycles. The lowest BCUT2D eigenvalue weighted by atomic mass is 9.88. The average molecular weight is 315 g/mol. The topological polar surface area (TPSA) is 70.8 Å². The van der Waals surface area contributed by atoms with E-state index in [0.717, 1.165) is 22.5 Å². The van der Waals surface area contributed by atoms with Crippen LogP contribution in [-0.2, 0) is 0 Å². The molecule has 0 radical (unpaired) electrons. The number of anilines is 1. The summed E-state index contributed by atoms with van der Waals surface area (Å²) in [4.78, 5) is 14.4. The number of rotatable bonds is 5. The molecular formula is C16H21N5S. The molecule has 0 fully saturated rings. The maximum absolute atomic E-state index is 5.83. The molecule has 2 unspecified atom stereocenters. The van der Waals surface area contributed by atoms with Gasteiger partial charge in [-0.3, -0.25) is 0 Å². The van der Waals surface area contributed by atoms with Crippen LogP contribution in [0.5, 0.6) is 0 Å². The van der Waals surface area contributed by atoms with E-state index in [1.165, 1.54) is 16.9 Å². The van der Waals surface area contributed by atoms with Crippen LogP contribution in [0, 0.1) is 0 Å². The van der Waals surface area contributed by atoms with Crippen molar-refractivity contribution in [3.8, 4) is 0 Å². The predicted octanol–water partition coefficient (Wildman–Crippen LogP) is 3.07. The second kappa shape index (κ2) is 6.06. The molecule has 0 aliphatic rings. The zero-order chi connectivity index (χ0) is 15.7. The number of H-pyrrole nitrogens is 1. The van der Waals surface area contributed by atoms with Crippen LogP contribution in [0.1, 0.15) is 30.7 Å². The fraction of sp³-hybridized carbons (Fsp3) is 0.375. The maximum atomic E-state index is 5.83. The van der Waals surface area contributed by atoms with Gasteiger partial charge < -0.3 is 15.6 Å². The van der Waals surface area contributed by atoms with Gasteiger partial charge in [-0.1, -0.05) is 24.3 Å². The molecule has 0 aliphatic heterocycles. The van der Waals surface area contributed by atoms with Crippen LogP contribution >= 0.6 is 11.3 Å². The highest BCUT2D eigenvalue weighted by Gasteiger charge is 2.27. The molecule has 3 aromatic rings. The molecule has 3 N–H and O–H groups in total. The molecule has 0 bridgehead atoms. The number of fused-ring (bicyclic) bond motifs is 1. The van der Waals surface area contributed by atoms with Gasteiger partial charge in [0.1, 0.15) is 5.82 Å². The van der Waals surface area contributed by atoms with Crippen LogP contribution in [0.2, 0.25) is 0 Å². The van der Waals surface area contributed by atoms with Gasteiger partial charge >= 0.3 is 0 Å². The van der Waals surface area contributed by atoms with E-state index >= 15 is 0 Å². The lowest BCUT2D eigenvalue weighted by molar-refractivity contribution is 0.258. The Balaban J connectivity index is 2.10. The van der Waals surface area contributed by atoms with Gasteiger partial charge in [-0.15, -0.1) is 0 Å². The van der Waals surface area contributed by atoms with Gasteiger partial charge in [-0.25, -0.2) is 9.97 Å². The van der Waals surface area contributed by atoms with Crippen molar-refractivity contribution in [2.75, 3.05) is 19.8 Å². The van der Waals surface area contributed by atoms with Crippen LogP contribution in [0.25, 0.3) is 10.2 Å². The summed E-state index contributed by atoms with van der Waals surface area (Å²) < 4.78 is 1.13. The Morgan fingerprint density at radius 3 is 2.82 bits per heavy atom. The van der Waals surface area contributed by atoms with Gasteiger partial charge in [0.25, 0.3) is 0 Å². The van der Waals surface area contributed by atoms with E-state index in [0.29, 0.717) is 11.2 Å². The third-order valence-corrected chi connectivity index (χ3v) is 4.92. The maximum Gasteiger partial charge on any atom is 0.181 e. The quantitative estimate of drug-likeness (QED) is 0.759. The highest BCUT2D eigenvalue weighted by atomic mass is 32.1. The molecule has 0 amide bonds. The van der Waals surface area contributed by atoms with Crippen molar-refractivity contribution < 1.29 is 0 Å². The van der Waals surface area contributed by atoms with Crippen molar-refractivity contribution in [1.82, 2.24) is 19.9 Å². The molecule has 5 nitrogen and oxygen atoms in total. The summed E-state index contributed by atoms with van der Waals surface area (Å²) in [6, 6.07) is 6.76. The van der Waals surface area contributed by atoms with Crippen LogP contribution in [0.3, 0.4) is 0 Å². The fourth-order valence-electron chi connectivity index (χ4n) is 3.06. The summed E-state index contributed by atoms with van der Waals surface area (Å²) in [5, 5.41) is 0.612. The first kappa shape index (κ1) is 15.0. The highest BCUT2D eigenvalue weighted by molar-refractivity contribution is 7.22. The number of imidazole rings is 1. The minimum absolute atomic E-state index is 0.197. The predicted molar refractivity (Wildman–Crippen MR) is 92.2 cm³/mol. The first-order valence-electron chi connectivity index (χ1n) is 7.41. The Morgan fingerprint density at radius 1 is 1.36 bits per heavy atom. The summed E-state index contributed by atoms with van der Waals surface area (Å²) in [6.45, 7) is 2.21. The van der Waals surface area contributed by atoms with Gasteiger partial charge in [0.2, 0.25) is 0 Å². The van der Waals surface area contributed by atoms with E-state index in [9.17, 15) is 0 Å². The van der Waals surface area contributed by atoms with E-state index in [2.05, 4.69) is 59.1 Å². The fourth-order valence-corrected chi connectivity index (χ4v) is 3.84. The number of aromatic amines is 1. The SMILES string of the molecule is CCC(C(c1ccc2nc(N)sc2c1)c1ncc[nH]1)N(C)C. The zero-order valence-electron chi connectivity index (χ0n) is 13.1. The minimum Gasteiger partial charge on any atom is -0.375 e. The second-order valence-electron chi connectivity index (χ2n) is 5.67. The smallest absolute Gasteiger partial charge is 0.181 e. The summed E-state index contributed by atoms with van der Waals surface area (Å²) in [5.41, 5.74) is 8.03. The standard InChI is InChI=1S/C16H21N5S/c1-4-12(21(2)3)14(15-18-7-8-19-15)10-5-6-11-13(9-10)22-16(17)20-11/h5-9,12,14H,4H2,1-3H3,(H2,17,20)(H,18,19). The molecule has 116 valence electrons. The van der Waals surface area contributed by atoms with Gasteiger partial charge in [0.15, 0.2) is 5.13 Å². The second-order valence-corrected chi connectivity index (χ2v) is 6.73. The summed E-state index contributed by atoms with van der Waals surface area (Å²) in [6.07, 6.45) is 4.74. The number of hydrogen-bond donors (Lipinski definition) is 2. The molecule has 2 aromatic heterocycles. The van der Waals surface area contributed by atoms with Gasteiger partial charge in [-0.2, -0.15) is 0 Å². The Kier molecular flexibility index (Phi) is 4.13. The number of likely N-dealkylation sites (N-methyl/N-ethyl adjacent to an activating group) is 1. The number of benzene rings is 1. The lowest BCUT2D eigenvalue weighted by Gasteiger charge is -2.31. The molecule has 2 atom stereocenters. The third kappa shape index (κ3) is 2.71. The Labute approximate surface area is 134 Å². The lowest BCUT2D eigenvalue weighted by Crippen LogP contribution is -2.34. The van der Waals surface area contributed by atoms with E-state index in [-0.39, 0.29) is 5.92 Å². The van der Waals surface area contributed by atoms with Crippen molar-refractivity contribution in [3.63, 3.8) is 0 Å². The van der Waals surface area contributed by atoms with Crippen molar-refractivity contribution in [2.24, 2.45) is 0 Å². The van der Waals surface area contributed by atoms with E-state index < -0.39 is 0 Å². The number of nitrogens with one attached hydrogen (secondary N) is 1. The number of nitrogen functional groups attached to an aromatic ring is 1. The molecule has 6 heteroatoms. The number of nitrogens with zero attached hydrogens (tertiary/aromatic N) is 3. The normalized spacial score (nSPS) is 14.5. The zero-order valence-corrected chi connectivity index (χ0v) is 13.9. The molecule has 1 aromatic carbocycles. The van der Waals surface area contributed by atoms with E-state index in [4.69, 9.17) is 5.73 Å². The molecule has 2 heterocycles. The molecule has 0 saturated heterocycles. The van der Waals surface area contributed by atoms with Crippen LogP contribution in [0.4, 0.5) is 5.13 Å². The Bertz CT molecular complexity index is 747. The largest absolute Gasteiger partial charge is 0.375 e.